The van der Waals surface area contributed by atoms with Crippen LogP contribution in [0.3, 0.4) is 0 Å². The van der Waals surface area contributed by atoms with Crippen molar-refractivity contribution >= 4 is 15.9 Å². The zero-order valence-corrected chi connectivity index (χ0v) is 12.4. The Morgan fingerprint density at radius 3 is 2.50 bits per heavy atom. The van der Waals surface area contributed by atoms with Crippen LogP contribution in [0.5, 0.6) is 0 Å². The van der Waals surface area contributed by atoms with E-state index in [9.17, 15) is 0 Å². The molecule has 0 saturated carbocycles. The van der Waals surface area contributed by atoms with Crippen LogP contribution in [0.1, 0.15) is 29.7 Å². The van der Waals surface area contributed by atoms with E-state index in [-0.39, 0.29) is 0 Å². The van der Waals surface area contributed by atoms with E-state index >= 15 is 0 Å². The van der Waals surface area contributed by atoms with Crippen LogP contribution in [-0.4, -0.2) is 0 Å². The molecule has 0 amide bonds. The van der Waals surface area contributed by atoms with Gasteiger partial charge < -0.3 is 5.32 Å². The van der Waals surface area contributed by atoms with Crippen molar-refractivity contribution in [3.05, 3.63) is 69.7 Å². The fourth-order valence-corrected chi connectivity index (χ4v) is 2.23. The van der Waals surface area contributed by atoms with E-state index in [1.54, 1.807) is 0 Å². The normalized spacial score (nSPS) is 12.4. The van der Waals surface area contributed by atoms with Crippen molar-refractivity contribution in [2.75, 3.05) is 0 Å². The topological polar surface area (TPSA) is 12.0 Å². The first-order valence-electron chi connectivity index (χ1n) is 6.19. The molecule has 94 valence electrons. The summed E-state index contributed by atoms with van der Waals surface area (Å²) in [6.07, 6.45) is 0. The lowest BCUT2D eigenvalue weighted by Gasteiger charge is -2.14. The van der Waals surface area contributed by atoms with Gasteiger partial charge in [-0.3, -0.25) is 0 Å². The molecule has 1 nitrogen and oxygen atoms in total. The lowest BCUT2D eigenvalue weighted by molar-refractivity contribution is 0.574. The molecule has 2 aromatic rings. The maximum atomic E-state index is 3.55. The monoisotopic (exact) mass is 303 g/mol. The molecule has 0 saturated heterocycles. The maximum Gasteiger partial charge on any atom is 0.0294 e. The lowest BCUT2D eigenvalue weighted by atomic mass is 10.1. The Morgan fingerprint density at radius 1 is 1.11 bits per heavy atom. The molecule has 2 heteroatoms. The number of nitrogens with one attached hydrogen (secondary N) is 1. The van der Waals surface area contributed by atoms with Gasteiger partial charge in [0.25, 0.3) is 0 Å². The van der Waals surface area contributed by atoms with Crippen molar-refractivity contribution in [1.82, 2.24) is 5.32 Å². The largest absolute Gasteiger partial charge is 0.306 e. The average molecular weight is 304 g/mol. The third-order valence-electron chi connectivity index (χ3n) is 3.06. The third-order valence-corrected chi connectivity index (χ3v) is 3.59. The number of rotatable bonds is 4. The van der Waals surface area contributed by atoms with Gasteiger partial charge in [0.2, 0.25) is 0 Å². The zero-order valence-electron chi connectivity index (χ0n) is 10.8. The van der Waals surface area contributed by atoms with Gasteiger partial charge in [0, 0.05) is 17.1 Å². The minimum Gasteiger partial charge on any atom is -0.306 e. The van der Waals surface area contributed by atoms with Gasteiger partial charge in [0.15, 0.2) is 0 Å². The summed E-state index contributed by atoms with van der Waals surface area (Å²) in [5.41, 5.74) is 3.95. The molecule has 0 radical (unpaired) electrons. The van der Waals surface area contributed by atoms with E-state index in [0.29, 0.717) is 6.04 Å². The van der Waals surface area contributed by atoms with Gasteiger partial charge in [0.05, 0.1) is 0 Å². The predicted molar refractivity (Wildman–Crippen MR) is 80.6 cm³/mol. The average Bonchev–Trinajstić information content (AvgIpc) is 2.37. The van der Waals surface area contributed by atoms with Crippen molar-refractivity contribution in [3.8, 4) is 0 Å². The molecule has 2 aromatic carbocycles. The fraction of sp³-hybridized carbons (Fsp3) is 0.250. The Bertz CT molecular complexity index is 505. The first kappa shape index (κ1) is 13.3. The predicted octanol–water partition coefficient (Wildman–Crippen LogP) is 4.61. The van der Waals surface area contributed by atoms with Gasteiger partial charge in [0.1, 0.15) is 0 Å². The summed E-state index contributed by atoms with van der Waals surface area (Å²) in [5, 5.41) is 3.55. The number of hydrogen-bond acceptors (Lipinski definition) is 1. The number of benzene rings is 2. The SMILES string of the molecule is Cc1cccc(CN[C@H](C)c2ccc(Br)cc2)c1. The summed E-state index contributed by atoms with van der Waals surface area (Å²) in [4.78, 5) is 0. The third kappa shape index (κ3) is 3.69. The molecule has 0 aliphatic rings. The molecule has 2 rings (SSSR count). The number of aryl methyl sites for hydroxylation is 1. The van der Waals surface area contributed by atoms with E-state index in [2.05, 4.69) is 83.6 Å². The highest BCUT2D eigenvalue weighted by molar-refractivity contribution is 9.10. The summed E-state index contributed by atoms with van der Waals surface area (Å²) >= 11 is 3.46. The minimum absolute atomic E-state index is 0.360. The van der Waals surface area contributed by atoms with Crippen molar-refractivity contribution in [3.63, 3.8) is 0 Å². The van der Waals surface area contributed by atoms with Gasteiger partial charge in [-0.15, -0.1) is 0 Å². The first-order valence-corrected chi connectivity index (χ1v) is 6.99. The Hall–Kier alpha value is -1.12. The fourth-order valence-electron chi connectivity index (χ4n) is 1.96. The molecule has 18 heavy (non-hydrogen) atoms. The summed E-state index contributed by atoms with van der Waals surface area (Å²) in [7, 11) is 0. The molecule has 0 unspecified atom stereocenters. The molecule has 0 aromatic heterocycles. The van der Waals surface area contributed by atoms with Crippen LogP contribution < -0.4 is 5.32 Å². The molecule has 0 aliphatic carbocycles. The van der Waals surface area contributed by atoms with Gasteiger partial charge in [-0.25, -0.2) is 0 Å². The number of hydrogen-bond donors (Lipinski definition) is 1. The lowest BCUT2D eigenvalue weighted by Crippen LogP contribution is -2.18. The molecule has 0 fully saturated rings. The van der Waals surface area contributed by atoms with Crippen molar-refractivity contribution < 1.29 is 0 Å². The molecular formula is C16H18BrN. The summed E-state index contributed by atoms with van der Waals surface area (Å²) < 4.78 is 1.12. The van der Waals surface area contributed by atoms with Crippen molar-refractivity contribution in [1.29, 1.82) is 0 Å². The molecule has 0 bridgehead atoms. The van der Waals surface area contributed by atoms with Crippen LogP contribution in [-0.2, 0) is 6.54 Å². The van der Waals surface area contributed by atoms with Crippen molar-refractivity contribution in [2.45, 2.75) is 26.4 Å². The second-order valence-corrected chi connectivity index (χ2v) is 5.56. The van der Waals surface area contributed by atoms with E-state index in [1.807, 2.05) is 0 Å². The van der Waals surface area contributed by atoms with Gasteiger partial charge >= 0.3 is 0 Å². The summed E-state index contributed by atoms with van der Waals surface area (Å²) in [5.74, 6) is 0. The maximum absolute atomic E-state index is 3.55. The minimum atomic E-state index is 0.360. The Labute approximate surface area is 117 Å². The van der Waals surface area contributed by atoms with Gasteiger partial charge in [-0.1, -0.05) is 57.9 Å². The second kappa shape index (κ2) is 6.17. The second-order valence-electron chi connectivity index (χ2n) is 4.64. The van der Waals surface area contributed by atoms with Crippen LogP contribution in [0.25, 0.3) is 0 Å². The van der Waals surface area contributed by atoms with E-state index in [4.69, 9.17) is 0 Å². The Morgan fingerprint density at radius 2 is 1.83 bits per heavy atom. The highest BCUT2D eigenvalue weighted by Crippen LogP contribution is 2.17. The highest BCUT2D eigenvalue weighted by atomic mass is 79.9. The van der Waals surface area contributed by atoms with Crippen LogP contribution in [0.4, 0.5) is 0 Å². The molecule has 1 N–H and O–H groups in total. The van der Waals surface area contributed by atoms with Crippen LogP contribution in [0.15, 0.2) is 53.0 Å². The summed E-state index contributed by atoms with van der Waals surface area (Å²) in [6, 6.07) is 17.4. The van der Waals surface area contributed by atoms with Crippen molar-refractivity contribution in [2.24, 2.45) is 0 Å². The quantitative estimate of drug-likeness (QED) is 0.870. The molecule has 0 aliphatic heterocycles. The zero-order chi connectivity index (χ0) is 13.0. The first-order chi connectivity index (χ1) is 8.65. The van der Waals surface area contributed by atoms with E-state index in [1.165, 1.54) is 16.7 Å². The molecular weight excluding hydrogens is 286 g/mol. The Balaban J connectivity index is 1.96. The molecule has 1 atom stereocenters. The molecule has 0 heterocycles. The standard InChI is InChI=1S/C16H18BrN/c1-12-4-3-5-14(10-12)11-18-13(2)15-6-8-16(17)9-7-15/h3-10,13,18H,11H2,1-2H3/t13-/m1/s1. The number of halogens is 1. The van der Waals surface area contributed by atoms with Crippen LogP contribution in [0, 0.1) is 6.92 Å². The van der Waals surface area contributed by atoms with E-state index in [0.717, 1.165) is 11.0 Å². The van der Waals surface area contributed by atoms with E-state index < -0.39 is 0 Å². The van der Waals surface area contributed by atoms with Gasteiger partial charge in [-0.2, -0.15) is 0 Å². The van der Waals surface area contributed by atoms with Crippen LogP contribution in [0.2, 0.25) is 0 Å². The smallest absolute Gasteiger partial charge is 0.0294 e. The van der Waals surface area contributed by atoms with Gasteiger partial charge in [-0.05, 0) is 37.1 Å². The molecule has 0 spiro atoms. The Kier molecular flexibility index (Phi) is 4.56. The summed E-state index contributed by atoms with van der Waals surface area (Å²) in [6.45, 7) is 5.22. The highest BCUT2D eigenvalue weighted by Gasteiger charge is 2.04. The van der Waals surface area contributed by atoms with Crippen LogP contribution >= 0.6 is 15.9 Å².